The Labute approximate surface area is 143 Å². The Morgan fingerprint density at radius 1 is 1.29 bits per heavy atom. The van der Waals surface area contributed by atoms with E-state index in [1.807, 2.05) is 30.6 Å². The van der Waals surface area contributed by atoms with Gasteiger partial charge in [0.05, 0.1) is 19.8 Å². The van der Waals surface area contributed by atoms with E-state index >= 15 is 0 Å². The molecule has 3 rings (SSSR count). The van der Waals surface area contributed by atoms with Crippen molar-refractivity contribution in [3.8, 4) is 0 Å². The van der Waals surface area contributed by atoms with Crippen molar-refractivity contribution >= 4 is 0 Å². The van der Waals surface area contributed by atoms with Gasteiger partial charge in [0, 0.05) is 37.9 Å². The van der Waals surface area contributed by atoms with Crippen LogP contribution >= 0.6 is 0 Å². The van der Waals surface area contributed by atoms with Gasteiger partial charge >= 0.3 is 0 Å². The van der Waals surface area contributed by atoms with Gasteiger partial charge in [-0.1, -0.05) is 30.3 Å². The normalized spacial score (nSPS) is 22.2. The van der Waals surface area contributed by atoms with E-state index in [0.717, 1.165) is 25.3 Å². The zero-order valence-electron chi connectivity index (χ0n) is 14.6. The maximum absolute atomic E-state index is 10.0. The van der Waals surface area contributed by atoms with Crippen molar-refractivity contribution in [1.29, 1.82) is 0 Å². The lowest BCUT2D eigenvalue weighted by atomic mass is 9.93. The zero-order valence-corrected chi connectivity index (χ0v) is 14.6. The molecule has 0 aliphatic carbocycles. The fourth-order valence-corrected chi connectivity index (χ4v) is 3.42. The predicted octanol–water partition coefficient (Wildman–Crippen LogP) is 2.27. The summed E-state index contributed by atoms with van der Waals surface area (Å²) >= 11 is 0. The molecule has 1 aliphatic rings. The second-order valence-corrected chi connectivity index (χ2v) is 6.91. The Morgan fingerprint density at radius 2 is 2.08 bits per heavy atom. The van der Waals surface area contributed by atoms with Crippen LogP contribution in [-0.2, 0) is 17.7 Å². The maximum Gasteiger partial charge on any atom is 0.123 e. The van der Waals surface area contributed by atoms with E-state index in [1.54, 1.807) is 0 Å². The molecule has 1 aromatic heterocycles. The Balaban J connectivity index is 1.71. The highest BCUT2D eigenvalue weighted by molar-refractivity contribution is 5.18. The average molecular weight is 329 g/mol. The monoisotopic (exact) mass is 329 g/mol. The molecule has 1 fully saturated rings. The minimum Gasteiger partial charge on any atom is -0.393 e. The topological polar surface area (TPSA) is 50.5 Å². The largest absolute Gasteiger partial charge is 0.393 e. The van der Waals surface area contributed by atoms with Gasteiger partial charge in [-0.05, 0) is 19.4 Å². The third kappa shape index (κ3) is 3.86. The molecule has 0 amide bonds. The molecule has 1 unspecified atom stereocenters. The number of rotatable bonds is 6. The quantitative estimate of drug-likeness (QED) is 0.883. The van der Waals surface area contributed by atoms with Crippen LogP contribution in [0.4, 0.5) is 0 Å². The van der Waals surface area contributed by atoms with E-state index < -0.39 is 5.60 Å². The molecule has 0 saturated carbocycles. The van der Waals surface area contributed by atoms with E-state index in [9.17, 15) is 5.11 Å². The second kappa shape index (κ2) is 7.47. The van der Waals surface area contributed by atoms with Crippen LogP contribution in [0.3, 0.4) is 0 Å². The number of aliphatic hydroxyl groups is 1. The van der Waals surface area contributed by atoms with Gasteiger partial charge in [0.1, 0.15) is 11.4 Å². The van der Waals surface area contributed by atoms with Gasteiger partial charge in [-0.15, -0.1) is 0 Å². The molecule has 5 heteroatoms. The Kier molecular flexibility index (Phi) is 5.33. The molecule has 130 valence electrons. The molecule has 2 heterocycles. The number of ether oxygens (including phenoxy) is 1. The number of hydrogen-bond donors (Lipinski definition) is 1. The van der Waals surface area contributed by atoms with Gasteiger partial charge in [-0.25, -0.2) is 4.98 Å². The van der Waals surface area contributed by atoms with Crippen molar-refractivity contribution in [2.24, 2.45) is 0 Å². The first-order valence-electron chi connectivity index (χ1n) is 8.65. The van der Waals surface area contributed by atoms with E-state index in [2.05, 4.69) is 40.4 Å². The van der Waals surface area contributed by atoms with Crippen molar-refractivity contribution in [1.82, 2.24) is 14.5 Å². The SMILES string of the molecule is CC(C)n1ccnc1CN1CCOC(CO)(Cc2ccccc2)C1. The summed E-state index contributed by atoms with van der Waals surface area (Å²) in [7, 11) is 0. The summed E-state index contributed by atoms with van der Waals surface area (Å²) in [5.41, 5.74) is 0.659. The molecular weight excluding hydrogens is 302 g/mol. The van der Waals surface area contributed by atoms with Gasteiger partial charge < -0.3 is 14.4 Å². The number of benzene rings is 1. The first-order chi connectivity index (χ1) is 11.6. The van der Waals surface area contributed by atoms with E-state index in [-0.39, 0.29) is 6.61 Å². The molecule has 0 bridgehead atoms. The van der Waals surface area contributed by atoms with Gasteiger partial charge in [0.25, 0.3) is 0 Å². The molecule has 0 spiro atoms. The van der Waals surface area contributed by atoms with Crippen molar-refractivity contribution in [3.63, 3.8) is 0 Å². The van der Waals surface area contributed by atoms with Crippen molar-refractivity contribution < 1.29 is 9.84 Å². The molecule has 24 heavy (non-hydrogen) atoms. The van der Waals surface area contributed by atoms with Crippen LogP contribution in [0, 0.1) is 0 Å². The van der Waals surface area contributed by atoms with Gasteiger partial charge in [-0.2, -0.15) is 0 Å². The molecule has 2 aromatic rings. The van der Waals surface area contributed by atoms with Crippen molar-refractivity contribution in [2.75, 3.05) is 26.3 Å². The minimum absolute atomic E-state index is 0.0248. The minimum atomic E-state index is -0.533. The highest BCUT2D eigenvalue weighted by Gasteiger charge is 2.36. The summed E-state index contributed by atoms with van der Waals surface area (Å²) in [5, 5.41) is 10.0. The smallest absolute Gasteiger partial charge is 0.123 e. The summed E-state index contributed by atoms with van der Waals surface area (Å²) in [6, 6.07) is 10.6. The number of aliphatic hydroxyl groups excluding tert-OH is 1. The average Bonchev–Trinajstić information content (AvgIpc) is 3.04. The molecule has 1 atom stereocenters. The molecule has 1 aromatic carbocycles. The number of aromatic nitrogens is 2. The van der Waals surface area contributed by atoms with Crippen LogP contribution in [0.25, 0.3) is 0 Å². The van der Waals surface area contributed by atoms with Crippen LogP contribution in [0.5, 0.6) is 0 Å². The highest BCUT2D eigenvalue weighted by atomic mass is 16.5. The third-order valence-corrected chi connectivity index (χ3v) is 4.66. The highest BCUT2D eigenvalue weighted by Crippen LogP contribution is 2.24. The van der Waals surface area contributed by atoms with Crippen LogP contribution in [-0.4, -0.2) is 51.5 Å². The fourth-order valence-electron chi connectivity index (χ4n) is 3.42. The predicted molar refractivity (Wildman–Crippen MR) is 93.8 cm³/mol. The Hall–Kier alpha value is -1.69. The Morgan fingerprint density at radius 3 is 2.79 bits per heavy atom. The molecule has 1 N–H and O–H groups in total. The lowest BCUT2D eigenvalue weighted by molar-refractivity contribution is -0.134. The van der Waals surface area contributed by atoms with Crippen LogP contribution in [0.2, 0.25) is 0 Å². The second-order valence-electron chi connectivity index (χ2n) is 6.91. The summed E-state index contributed by atoms with van der Waals surface area (Å²) in [6.07, 6.45) is 4.61. The summed E-state index contributed by atoms with van der Waals surface area (Å²) in [4.78, 5) is 6.84. The summed E-state index contributed by atoms with van der Waals surface area (Å²) < 4.78 is 8.23. The molecule has 1 aliphatic heterocycles. The summed E-state index contributed by atoms with van der Waals surface area (Å²) in [5.74, 6) is 1.07. The summed E-state index contributed by atoms with van der Waals surface area (Å²) in [6.45, 7) is 7.35. The lowest BCUT2D eigenvalue weighted by Crippen LogP contribution is -2.55. The van der Waals surface area contributed by atoms with E-state index in [0.29, 0.717) is 19.2 Å². The maximum atomic E-state index is 10.0. The first-order valence-corrected chi connectivity index (χ1v) is 8.65. The fraction of sp³-hybridized carbons (Fsp3) is 0.526. The number of nitrogens with zero attached hydrogens (tertiary/aromatic N) is 3. The molecule has 0 radical (unpaired) electrons. The van der Waals surface area contributed by atoms with Gasteiger partial charge in [-0.3, -0.25) is 4.90 Å². The van der Waals surface area contributed by atoms with Crippen LogP contribution in [0.1, 0.15) is 31.3 Å². The van der Waals surface area contributed by atoms with Gasteiger partial charge in [0.15, 0.2) is 0 Å². The molecular formula is C19H27N3O2. The van der Waals surface area contributed by atoms with Gasteiger partial charge in [0.2, 0.25) is 0 Å². The molecule has 1 saturated heterocycles. The number of imidazole rings is 1. The van der Waals surface area contributed by atoms with Crippen molar-refractivity contribution in [2.45, 2.75) is 38.5 Å². The van der Waals surface area contributed by atoms with Crippen molar-refractivity contribution in [3.05, 3.63) is 54.1 Å². The van der Waals surface area contributed by atoms with Crippen LogP contribution < -0.4 is 0 Å². The zero-order chi connectivity index (χ0) is 17.0. The Bertz CT molecular complexity index is 641. The first kappa shape index (κ1) is 17.1. The standard InChI is InChI=1S/C19H27N3O2/c1-16(2)22-9-8-20-18(22)13-21-10-11-24-19(14-21,15-23)12-17-6-4-3-5-7-17/h3-9,16,23H,10-15H2,1-2H3. The number of hydrogen-bond acceptors (Lipinski definition) is 4. The number of morpholine rings is 1. The lowest BCUT2D eigenvalue weighted by Gasteiger charge is -2.42. The van der Waals surface area contributed by atoms with E-state index in [1.165, 1.54) is 5.56 Å². The van der Waals surface area contributed by atoms with E-state index in [4.69, 9.17) is 4.74 Å². The molecule has 5 nitrogen and oxygen atoms in total. The van der Waals surface area contributed by atoms with Crippen LogP contribution in [0.15, 0.2) is 42.7 Å². The third-order valence-electron chi connectivity index (χ3n) is 4.66.